The minimum Gasteiger partial charge on any atom is -0.490 e. The lowest BCUT2D eigenvalue weighted by atomic mass is 10.1. The third-order valence-corrected chi connectivity index (χ3v) is 3.23. The second-order valence-corrected chi connectivity index (χ2v) is 6.64. The summed E-state index contributed by atoms with van der Waals surface area (Å²) in [6.45, 7) is 12.7. The summed E-state index contributed by atoms with van der Waals surface area (Å²) in [5.74, 6) is 1.61. The van der Waals surface area contributed by atoms with E-state index < -0.39 is 0 Å². The van der Waals surface area contributed by atoms with Crippen molar-refractivity contribution >= 4 is 15.9 Å². The van der Waals surface area contributed by atoms with Crippen molar-refractivity contribution in [3.63, 3.8) is 0 Å². The van der Waals surface area contributed by atoms with Gasteiger partial charge in [-0.05, 0) is 67.7 Å². The molecular formula is C16H26BrNO2. The van der Waals surface area contributed by atoms with Crippen molar-refractivity contribution < 1.29 is 9.47 Å². The van der Waals surface area contributed by atoms with Gasteiger partial charge in [0.1, 0.15) is 0 Å². The van der Waals surface area contributed by atoms with Crippen molar-refractivity contribution in [2.45, 2.75) is 53.1 Å². The molecule has 0 unspecified atom stereocenters. The van der Waals surface area contributed by atoms with Crippen molar-refractivity contribution in [1.29, 1.82) is 0 Å². The Hall–Kier alpha value is -0.740. The van der Waals surface area contributed by atoms with E-state index in [0.717, 1.165) is 28.9 Å². The van der Waals surface area contributed by atoms with Crippen LogP contribution in [-0.4, -0.2) is 18.8 Å². The van der Waals surface area contributed by atoms with Crippen LogP contribution in [0, 0.1) is 0 Å². The third-order valence-electron chi connectivity index (χ3n) is 2.64. The van der Waals surface area contributed by atoms with E-state index in [1.165, 1.54) is 5.56 Å². The Bertz CT molecular complexity index is 427. The Kier molecular flexibility index (Phi) is 6.83. The van der Waals surface area contributed by atoms with Crippen LogP contribution in [0.15, 0.2) is 16.6 Å². The zero-order chi connectivity index (χ0) is 15.2. The van der Waals surface area contributed by atoms with Crippen LogP contribution in [0.4, 0.5) is 0 Å². The van der Waals surface area contributed by atoms with Gasteiger partial charge in [0.15, 0.2) is 11.5 Å². The molecular weight excluding hydrogens is 318 g/mol. The molecule has 0 saturated carbocycles. The maximum absolute atomic E-state index is 5.78. The van der Waals surface area contributed by atoms with Crippen LogP contribution in [-0.2, 0) is 6.54 Å². The highest BCUT2D eigenvalue weighted by Gasteiger charge is 2.14. The summed E-state index contributed by atoms with van der Waals surface area (Å²) < 4.78 is 12.4. The molecule has 0 bridgehead atoms. The van der Waals surface area contributed by atoms with E-state index in [1.54, 1.807) is 0 Å². The van der Waals surface area contributed by atoms with Crippen LogP contribution < -0.4 is 14.8 Å². The predicted molar refractivity (Wildman–Crippen MR) is 87.7 cm³/mol. The van der Waals surface area contributed by atoms with Gasteiger partial charge in [-0.3, -0.25) is 0 Å². The maximum Gasteiger partial charge on any atom is 0.175 e. The number of ether oxygens (including phenoxy) is 2. The van der Waals surface area contributed by atoms with Crippen LogP contribution in [0.1, 0.15) is 46.6 Å². The molecule has 114 valence electrons. The molecule has 4 heteroatoms. The lowest BCUT2D eigenvalue weighted by molar-refractivity contribution is 0.275. The Morgan fingerprint density at radius 3 is 2.40 bits per heavy atom. The smallest absolute Gasteiger partial charge is 0.175 e. The molecule has 1 aromatic carbocycles. The third kappa shape index (κ3) is 5.71. The van der Waals surface area contributed by atoms with E-state index in [-0.39, 0.29) is 5.54 Å². The summed E-state index contributed by atoms with van der Waals surface area (Å²) in [5, 5.41) is 3.48. The number of rotatable bonds is 7. The quantitative estimate of drug-likeness (QED) is 0.789. The summed E-state index contributed by atoms with van der Waals surface area (Å²) in [6, 6.07) is 4.14. The summed E-state index contributed by atoms with van der Waals surface area (Å²) >= 11 is 3.59. The summed E-state index contributed by atoms with van der Waals surface area (Å²) in [7, 11) is 0. The average molecular weight is 344 g/mol. The maximum atomic E-state index is 5.78. The monoisotopic (exact) mass is 343 g/mol. The zero-order valence-electron chi connectivity index (χ0n) is 13.2. The van der Waals surface area contributed by atoms with Crippen molar-refractivity contribution in [3.05, 3.63) is 22.2 Å². The number of halogens is 1. The molecule has 0 saturated heterocycles. The van der Waals surface area contributed by atoms with Gasteiger partial charge in [-0.2, -0.15) is 0 Å². The second-order valence-electron chi connectivity index (χ2n) is 5.79. The molecule has 1 rings (SSSR count). The number of benzene rings is 1. The first-order valence-electron chi connectivity index (χ1n) is 7.20. The van der Waals surface area contributed by atoms with Gasteiger partial charge in [0.05, 0.1) is 17.7 Å². The highest BCUT2D eigenvalue weighted by Crippen LogP contribution is 2.37. The van der Waals surface area contributed by atoms with E-state index in [0.29, 0.717) is 13.2 Å². The van der Waals surface area contributed by atoms with E-state index in [2.05, 4.69) is 61.1 Å². The predicted octanol–water partition coefficient (Wildman–Crippen LogP) is 4.52. The lowest BCUT2D eigenvalue weighted by Crippen LogP contribution is -2.35. The van der Waals surface area contributed by atoms with Gasteiger partial charge < -0.3 is 14.8 Å². The largest absolute Gasteiger partial charge is 0.490 e. The number of hydrogen-bond acceptors (Lipinski definition) is 3. The van der Waals surface area contributed by atoms with Crippen LogP contribution in [0.3, 0.4) is 0 Å². The van der Waals surface area contributed by atoms with Gasteiger partial charge in [0, 0.05) is 12.1 Å². The van der Waals surface area contributed by atoms with Gasteiger partial charge in [0.2, 0.25) is 0 Å². The van der Waals surface area contributed by atoms with Crippen LogP contribution >= 0.6 is 15.9 Å². The average Bonchev–Trinajstić information content (AvgIpc) is 2.35. The Morgan fingerprint density at radius 1 is 1.15 bits per heavy atom. The van der Waals surface area contributed by atoms with Crippen molar-refractivity contribution in [1.82, 2.24) is 5.32 Å². The molecule has 0 aromatic heterocycles. The number of hydrogen-bond donors (Lipinski definition) is 1. The van der Waals surface area contributed by atoms with Gasteiger partial charge in [-0.15, -0.1) is 0 Å². The van der Waals surface area contributed by atoms with Crippen molar-refractivity contribution in [2.75, 3.05) is 13.2 Å². The SMILES string of the molecule is CCCOc1c(Br)cc(CNC(C)(C)C)cc1OCC. The molecule has 3 nitrogen and oxygen atoms in total. The zero-order valence-corrected chi connectivity index (χ0v) is 14.8. The van der Waals surface area contributed by atoms with Crippen LogP contribution in [0.25, 0.3) is 0 Å². The highest BCUT2D eigenvalue weighted by molar-refractivity contribution is 9.10. The van der Waals surface area contributed by atoms with Gasteiger partial charge in [0.25, 0.3) is 0 Å². The molecule has 0 amide bonds. The number of nitrogens with one attached hydrogen (secondary N) is 1. The normalized spacial score (nSPS) is 11.5. The molecule has 0 heterocycles. The first kappa shape index (κ1) is 17.3. The van der Waals surface area contributed by atoms with Gasteiger partial charge in [-0.25, -0.2) is 0 Å². The fourth-order valence-corrected chi connectivity index (χ4v) is 2.30. The van der Waals surface area contributed by atoms with Crippen LogP contribution in [0.5, 0.6) is 11.5 Å². The minimum absolute atomic E-state index is 0.0929. The van der Waals surface area contributed by atoms with E-state index >= 15 is 0 Å². The topological polar surface area (TPSA) is 30.5 Å². The molecule has 1 aromatic rings. The molecule has 0 aliphatic heterocycles. The summed E-state index contributed by atoms with van der Waals surface area (Å²) in [5.41, 5.74) is 1.27. The first-order chi connectivity index (χ1) is 9.37. The molecule has 0 fully saturated rings. The molecule has 0 radical (unpaired) electrons. The Labute approximate surface area is 131 Å². The minimum atomic E-state index is 0.0929. The molecule has 0 aliphatic rings. The Morgan fingerprint density at radius 2 is 1.85 bits per heavy atom. The molecule has 20 heavy (non-hydrogen) atoms. The standard InChI is InChI=1S/C16H26BrNO2/c1-6-8-20-15-13(17)9-12(10-14(15)19-7-2)11-18-16(3,4)5/h9-10,18H,6-8,11H2,1-5H3. The lowest BCUT2D eigenvalue weighted by Gasteiger charge is -2.21. The molecule has 0 spiro atoms. The molecule has 1 N–H and O–H groups in total. The van der Waals surface area contributed by atoms with Crippen molar-refractivity contribution in [2.24, 2.45) is 0 Å². The second kappa shape index (κ2) is 7.89. The van der Waals surface area contributed by atoms with Crippen LogP contribution in [0.2, 0.25) is 0 Å². The van der Waals surface area contributed by atoms with Gasteiger partial charge >= 0.3 is 0 Å². The van der Waals surface area contributed by atoms with E-state index in [1.807, 2.05) is 6.92 Å². The van der Waals surface area contributed by atoms with Crippen molar-refractivity contribution in [3.8, 4) is 11.5 Å². The fourth-order valence-electron chi connectivity index (χ4n) is 1.70. The first-order valence-corrected chi connectivity index (χ1v) is 7.99. The molecule has 0 atom stereocenters. The van der Waals surface area contributed by atoms with E-state index in [9.17, 15) is 0 Å². The Balaban J connectivity index is 2.93. The van der Waals surface area contributed by atoms with E-state index in [4.69, 9.17) is 9.47 Å². The highest BCUT2D eigenvalue weighted by atomic mass is 79.9. The summed E-state index contributed by atoms with van der Waals surface area (Å²) in [4.78, 5) is 0. The van der Waals surface area contributed by atoms with Gasteiger partial charge in [-0.1, -0.05) is 6.92 Å². The molecule has 0 aliphatic carbocycles. The summed E-state index contributed by atoms with van der Waals surface area (Å²) in [6.07, 6.45) is 0.978. The fraction of sp³-hybridized carbons (Fsp3) is 0.625.